The number of hydrogen-bond donors (Lipinski definition) is 0. The molecule has 0 aromatic heterocycles. The van der Waals surface area contributed by atoms with Gasteiger partial charge in [0.1, 0.15) is 11.1 Å². The molecule has 0 heterocycles. The summed E-state index contributed by atoms with van der Waals surface area (Å²) in [5, 5.41) is -0.607. The van der Waals surface area contributed by atoms with Crippen LogP contribution in [0.1, 0.15) is 39.7 Å². The Morgan fingerprint density at radius 1 is 1.30 bits per heavy atom. The zero-order chi connectivity index (χ0) is 17.6. The normalized spacial score (nSPS) is 14.1. The van der Waals surface area contributed by atoms with Crippen molar-refractivity contribution in [1.29, 1.82) is 0 Å². The molecule has 5 nitrogen and oxygen atoms in total. The molecule has 130 valence electrons. The summed E-state index contributed by atoms with van der Waals surface area (Å²) in [4.78, 5) is 14.0. The molecule has 23 heavy (non-hydrogen) atoms. The Balaban J connectivity index is 2.99. The van der Waals surface area contributed by atoms with E-state index < -0.39 is 15.5 Å². The predicted octanol–water partition coefficient (Wildman–Crippen LogP) is 3.17. The van der Waals surface area contributed by atoms with Crippen molar-refractivity contribution in [3.8, 4) is 5.75 Å². The van der Waals surface area contributed by atoms with Crippen molar-refractivity contribution < 1.29 is 17.4 Å². The first-order valence-electron chi connectivity index (χ1n) is 7.65. The number of amides is 1. The zero-order valence-corrected chi connectivity index (χ0v) is 15.5. The van der Waals surface area contributed by atoms with E-state index in [1.165, 1.54) is 6.92 Å². The van der Waals surface area contributed by atoms with Gasteiger partial charge >= 0.3 is 10.1 Å². The first-order valence-corrected chi connectivity index (χ1v) is 9.67. The van der Waals surface area contributed by atoms with Gasteiger partial charge in [0, 0.05) is 12.6 Å². The van der Waals surface area contributed by atoms with Crippen molar-refractivity contribution in [2.24, 2.45) is 0 Å². The van der Waals surface area contributed by atoms with Crippen LogP contribution in [0.3, 0.4) is 0 Å². The van der Waals surface area contributed by atoms with E-state index in [-0.39, 0.29) is 23.5 Å². The lowest BCUT2D eigenvalue weighted by Crippen LogP contribution is -2.41. The number of halogens is 1. The van der Waals surface area contributed by atoms with Crippen molar-refractivity contribution >= 4 is 27.6 Å². The van der Waals surface area contributed by atoms with Crippen LogP contribution in [0.15, 0.2) is 24.3 Å². The number of hydrogen-bond acceptors (Lipinski definition) is 4. The van der Waals surface area contributed by atoms with Crippen LogP contribution in [0, 0.1) is 0 Å². The van der Waals surface area contributed by atoms with Gasteiger partial charge in [-0.1, -0.05) is 19.1 Å². The Kier molecular flexibility index (Phi) is 7.35. The second-order valence-corrected chi connectivity index (χ2v) is 7.93. The summed E-state index contributed by atoms with van der Waals surface area (Å²) in [6.07, 6.45) is 0.801. The maximum atomic E-state index is 12.3. The maximum Gasteiger partial charge on any atom is 0.308 e. The van der Waals surface area contributed by atoms with Crippen LogP contribution in [0.4, 0.5) is 0 Å². The van der Waals surface area contributed by atoms with E-state index in [0.29, 0.717) is 6.54 Å². The van der Waals surface area contributed by atoms with Crippen LogP contribution < -0.4 is 4.18 Å². The topological polar surface area (TPSA) is 63.7 Å². The van der Waals surface area contributed by atoms with E-state index in [4.69, 9.17) is 15.8 Å². The third-order valence-electron chi connectivity index (χ3n) is 3.57. The molecule has 1 rings (SSSR count). The van der Waals surface area contributed by atoms with Gasteiger partial charge in [-0.3, -0.25) is 4.79 Å². The molecule has 1 aromatic rings. The summed E-state index contributed by atoms with van der Waals surface area (Å²) < 4.78 is 28.1. The minimum absolute atomic E-state index is 0.0349. The smallest absolute Gasteiger partial charge is 0.308 e. The third kappa shape index (κ3) is 6.03. The molecule has 0 aliphatic heterocycles. The maximum absolute atomic E-state index is 12.3. The quantitative estimate of drug-likeness (QED) is 0.527. The summed E-state index contributed by atoms with van der Waals surface area (Å²) in [5.74, 6) is 0.00620. The fourth-order valence-corrected chi connectivity index (χ4v) is 2.64. The minimum Gasteiger partial charge on any atom is -0.382 e. The molecule has 0 fully saturated rings. The van der Waals surface area contributed by atoms with E-state index in [1.54, 1.807) is 30.0 Å². The summed E-state index contributed by atoms with van der Waals surface area (Å²) in [6, 6.07) is 6.78. The molecule has 0 aliphatic rings. The van der Waals surface area contributed by atoms with Crippen molar-refractivity contribution in [1.82, 2.24) is 4.90 Å². The molecule has 0 spiro atoms. The molecule has 0 radical (unpaired) electrons. The number of nitrogens with zero attached hydrogens (tertiary/aromatic N) is 1. The van der Waals surface area contributed by atoms with Crippen molar-refractivity contribution in [3.63, 3.8) is 0 Å². The Bertz CT molecular complexity index is 631. The van der Waals surface area contributed by atoms with Gasteiger partial charge in [0.15, 0.2) is 0 Å². The number of carbonyl (C=O) groups excluding carboxylic acids is 1. The molecule has 1 aromatic carbocycles. The highest BCUT2D eigenvalue weighted by Gasteiger charge is 2.23. The first-order chi connectivity index (χ1) is 10.7. The molecule has 0 saturated heterocycles. The average molecular weight is 362 g/mol. The predicted molar refractivity (Wildman–Crippen MR) is 92.1 cm³/mol. The molecule has 0 N–H and O–H groups in total. The molecule has 7 heteroatoms. The monoisotopic (exact) mass is 361 g/mol. The van der Waals surface area contributed by atoms with Gasteiger partial charge in [-0.25, -0.2) is 0 Å². The summed E-state index contributed by atoms with van der Waals surface area (Å²) in [5.41, 5.74) is 0.791. The van der Waals surface area contributed by atoms with E-state index in [9.17, 15) is 13.2 Å². The van der Waals surface area contributed by atoms with Gasteiger partial charge < -0.3 is 9.08 Å². The lowest BCUT2D eigenvalue weighted by molar-refractivity contribution is -0.133. The first kappa shape index (κ1) is 19.8. The van der Waals surface area contributed by atoms with Crippen LogP contribution in [-0.4, -0.2) is 36.4 Å². The van der Waals surface area contributed by atoms with Crippen LogP contribution >= 0.6 is 11.6 Å². The van der Waals surface area contributed by atoms with Gasteiger partial charge in [0.25, 0.3) is 0 Å². The van der Waals surface area contributed by atoms with Crippen LogP contribution in [0.25, 0.3) is 0 Å². The van der Waals surface area contributed by atoms with Crippen LogP contribution in [-0.2, 0) is 21.5 Å². The van der Waals surface area contributed by atoms with Crippen molar-refractivity contribution in [2.75, 3.05) is 5.75 Å². The Hall–Kier alpha value is -1.27. The molecule has 0 saturated carbocycles. The molecular weight excluding hydrogens is 338 g/mol. The lowest BCUT2D eigenvalue weighted by atomic mass is 10.1. The van der Waals surface area contributed by atoms with E-state index in [0.717, 1.165) is 12.0 Å². The van der Waals surface area contributed by atoms with Gasteiger partial charge in [0.05, 0.1) is 5.75 Å². The third-order valence-corrected chi connectivity index (χ3v) is 4.91. The molecule has 2 atom stereocenters. The van der Waals surface area contributed by atoms with E-state index in [2.05, 4.69) is 0 Å². The molecular formula is C16H24ClNO4S. The van der Waals surface area contributed by atoms with E-state index >= 15 is 0 Å². The SMILES string of the molecule is CCC(C)N(Cc1cccc(OS(=O)(=O)CC)c1)C(=O)C(C)Cl. The Labute approximate surface area is 143 Å². The summed E-state index contributed by atoms with van der Waals surface area (Å²) in [7, 11) is -3.57. The highest BCUT2D eigenvalue weighted by Crippen LogP contribution is 2.19. The largest absolute Gasteiger partial charge is 0.382 e. The van der Waals surface area contributed by atoms with Crippen LogP contribution in [0.2, 0.25) is 0 Å². The van der Waals surface area contributed by atoms with Crippen LogP contribution in [0.5, 0.6) is 5.75 Å². The lowest BCUT2D eigenvalue weighted by Gasteiger charge is -2.30. The summed E-state index contributed by atoms with van der Waals surface area (Å²) in [6.45, 7) is 7.47. The molecule has 2 unspecified atom stereocenters. The number of carbonyl (C=O) groups is 1. The number of alkyl halides is 1. The Morgan fingerprint density at radius 3 is 2.48 bits per heavy atom. The van der Waals surface area contributed by atoms with Gasteiger partial charge in [-0.15, -0.1) is 11.6 Å². The fraction of sp³-hybridized carbons (Fsp3) is 0.562. The average Bonchev–Trinajstić information content (AvgIpc) is 2.51. The second-order valence-electron chi connectivity index (χ2n) is 5.42. The Morgan fingerprint density at radius 2 is 1.96 bits per heavy atom. The molecule has 0 aliphatic carbocycles. The zero-order valence-electron chi connectivity index (χ0n) is 14.0. The van der Waals surface area contributed by atoms with Gasteiger partial charge in [-0.05, 0) is 44.9 Å². The standard InChI is InChI=1S/C16H24ClNO4S/c1-5-12(3)18(16(19)13(4)17)11-14-8-7-9-15(10-14)22-23(20,21)6-2/h7-10,12-13H,5-6,11H2,1-4H3. The minimum atomic E-state index is -3.57. The fourth-order valence-electron chi connectivity index (χ4n) is 2.00. The summed E-state index contributed by atoms with van der Waals surface area (Å²) >= 11 is 5.93. The van der Waals surface area contributed by atoms with Gasteiger partial charge in [0.2, 0.25) is 5.91 Å². The number of benzene rings is 1. The number of rotatable bonds is 8. The van der Waals surface area contributed by atoms with Gasteiger partial charge in [-0.2, -0.15) is 8.42 Å². The highest BCUT2D eigenvalue weighted by atomic mass is 35.5. The second kappa shape index (κ2) is 8.55. The van der Waals surface area contributed by atoms with Crippen molar-refractivity contribution in [3.05, 3.63) is 29.8 Å². The molecule has 0 bridgehead atoms. The highest BCUT2D eigenvalue weighted by molar-refractivity contribution is 7.87. The molecule has 1 amide bonds. The van der Waals surface area contributed by atoms with E-state index in [1.807, 2.05) is 19.9 Å². The van der Waals surface area contributed by atoms with Crippen molar-refractivity contribution in [2.45, 2.75) is 52.1 Å².